The summed E-state index contributed by atoms with van der Waals surface area (Å²) >= 11 is 0. The number of hydrogen-bond acceptors (Lipinski definition) is 5. The molecule has 1 aromatic rings. The molecule has 35 heavy (non-hydrogen) atoms. The predicted octanol–water partition coefficient (Wildman–Crippen LogP) is 6.64. The van der Waals surface area contributed by atoms with E-state index in [1.54, 1.807) is 0 Å². The maximum atomic E-state index is 12.6. The predicted molar refractivity (Wildman–Crippen MR) is 152 cm³/mol. The second-order valence-corrected chi connectivity index (χ2v) is 10.3. The van der Waals surface area contributed by atoms with Gasteiger partial charge in [0.1, 0.15) is 0 Å². The van der Waals surface area contributed by atoms with Crippen LogP contribution in [0.15, 0.2) is 18.2 Å². The molecule has 0 aromatic heterocycles. The Bertz CT molecular complexity index is 749. The summed E-state index contributed by atoms with van der Waals surface area (Å²) in [6, 6.07) is 5.98. The lowest BCUT2D eigenvalue weighted by Crippen LogP contribution is -2.47. The number of Topliss-reactive ketones (excluding diaryl/α,β-unsaturated/α-hetero) is 1. The van der Waals surface area contributed by atoms with Crippen LogP contribution in [0.25, 0.3) is 0 Å². The number of benzene rings is 1. The number of rotatable bonds is 18. The third-order valence-electron chi connectivity index (χ3n) is 7.19. The number of anilines is 1. The summed E-state index contributed by atoms with van der Waals surface area (Å²) in [6.45, 7) is 17.5. The quantitative estimate of drug-likeness (QED) is 0.144. The molecule has 1 aliphatic rings. The summed E-state index contributed by atoms with van der Waals surface area (Å²) in [4.78, 5) is 20.2. The maximum Gasteiger partial charge on any atom is 0.163 e. The van der Waals surface area contributed by atoms with Crippen LogP contribution in [-0.4, -0.2) is 73.7 Å². The van der Waals surface area contributed by atoms with Gasteiger partial charge in [0.05, 0.1) is 0 Å². The largest absolute Gasteiger partial charge is 0.368 e. The molecule has 0 unspecified atom stereocenters. The van der Waals surface area contributed by atoms with Crippen molar-refractivity contribution in [1.82, 2.24) is 9.80 Å². The van der Waals surface area contributed by atoms with Gasteiger partial charge >= 0.3 is 0 Å². The van der Waals surface area contributed by atoms with E-state index in [0.717, 1.165) is 49.4 Å². The number of carbonyl (C=O) groups excluding carboxylic acids is 1. The first-order valence-electron chi connectivity index (χ1n) is 14.4. The molecule has 1 heterocycles. The molecule has 0 bridgehead atoms. The molecule has 0 spiro atoms. The van der Waals surface area contributed by atoms with Gasteiger partial charge in [0, 0.05) is 55.1 Å². The van der Waals surface area contributed by atoms with Crippen molar-refractivity contribution in [3.05, 3.63) is 29.3 Å². The third-order valence-corrected chi connectivity index (χ3v) is 7.19. The molecular formula is C30H52N4O. The Hall–Kier alpha value is -1.72. The van der Waals surface area contributed by atoms with Crippen LogP contribution in [0.1, 0.15) is 108 Å². The number of nitrogens with zero attached hydrogens (tertiary/aromatic N) is 3. The molecule has 0 atom stereocenters. The zero-order chi connectivity index (χ0) is 25.5. The fraction of sp³-hybridized carbons (Fsp3) is 0.733. The molecule has 5 heteroatoms. The second-order valence-electron chi connectivity index (χ2n) is 10.3. The monoisotopic (exact) mass is 484 g/mol. The van der Waals surface area contributed by atoms with E-state index in [-0.39, 0.29) is 5.78 Å². The summed E-state index contributed by atoms with van der Waals surface area (Å²) < 4.78 is 0. The van der Waals surface area contributed by atoms with Gasteiger partial charge in [-0.25, -0.2) is 0 Å². The van der Waals surface area contributed by atoms with Crippen molar-refractivity contribution in [2.75, 3.05) is 57.3 Å². The number of carbonyl (C=O) groups is 1. The van der Waals surface area contributed by atoms with Gasteiger partial charge < -0.3 is 15.2 Å². The number of nitrogens with one attached hydrogen (secondary N) is 1. The van der Waals surface area contributed by atoms with E-state index in [9.17, 15) is 4.79 Å². The van der Waals surface area contributed by atoms with Crippen molar-refractivity contribution in [1.29, 1.82) is 5.41 Å². The minimum Gasteiger partial charge on any atom is -0.368 e. The number of hydrogen-bond donors (Lipinski definition) is 1. The van der Waals surface area contributed by atoms with Crippen molar-refractivity contribution in [2.45, 2.75) is 91.9 Å². The Morgan fingerprint density at radius 1 is 0.857 bits per heavy atom. The molecule has 0 saturated carbocycles. The normalized spacial score (nSPS) is 14.6. The zero-order valence-corrected chi connectivity index (χ0v) is 23.2. The van der Waals surface area contributed by atoms with E-state index in [2.05, 4.69) is 34.6 Å². The van der Waals surface area contributed by atoms with Crippen molar-refractivity contribution in [2.24, 2.45) is 0 Å². The van der Waals surface area contributed by atoms with E-state index >= 15 is 0 Å². The lowest BCUT2D eigenvalue weighted by molar-refractivity contribution is 0.0981. The number of ketones is 1. The van der Waals surface area contributed by atoms with E-state index < -0.39 is 0 Å². The minimum atomic E-state index is 0.161. The Morgan fingerprint density at radius 3 is 2.09 bits per heavy atom. The highest BCUT2D eigenvalue weighted by Crippen LogP contribution is 2.27. The second kappa shape index (κ2) is 16.9. The smallest absolute Gasteiger partial charge is 0.163 e. The fourth-order valence-electron chi connectivity index (χ4n) is 5.35. The van der Waals surface area contributed by atoms with Crippen LogP contribution < -0.4 is 4.90 Å². The standard InChI is InChI=1S/C30H52N4O/c1-5-15-29(35)27-16-14-17-28(30(27)26(4)31)34-24-22-33(23-25-34)21-13-11-9-8-10-12-20-32(18-6-2)19-7-3/h14,16-17,31H,5-13,15,18-25H2,1-4H3. The van der Waals surface area contributed by atoms with Crippen LogP contribution in [0.4, 0.5) is 5.69 Å². The van der Waals surface area contributed by atoms with Crippen LogP contribution in [-0.2, 0) is 0 Å². The highest BCUT2D eigenvalue weighted by atomic mass is 16.1. The first-order valence-corrected chi connectivity index (χ1v) is 14.4. The molecule has 1 fully saturated rings. The molecule has 0 amide bonds. The molecule has 1 aromatic carbocycles. The number of piperazine rings is 1. The molecule has 198 valence electrons. The minimum absolute atomic E-state index is 0.161. The van der Waals surface area contributed by atoms with Crippen LogP contribution >= 0.6 is 0 Å². The van der Waals surface area contributed by atoms with Gasteiger partial charge in [0.2, 0.25) is 0 Å². The molecule has 1 aliphatic heterocycles. The maximum absolute atomic E-state index is 12.6. The fourth-order valence-corrected chi connectivity index (χ4v) is 5.35. The van der Waals surface area contributed by atoms with Gasteiger partial charge in [-0.15, -0.1) is 0 Å². The van der Waals surface area contributed by atoms with E-state index in [4.69, 9.17) is 5.41 Å². The summed E-state index contributed by atoms with van der Waals surface area (Å²) in [5.74, 6) is 0.161. The molecular weight excluding hydrogens is 432 g/mol. The van der Waals surface area contributed by atoms with Crippen molar-refractivity contribution in [3.8, 4) is 0 Å². The highest BCUT2D eigenvalue weighted by Gasteiger charge is 2.23. The average molecular weight is 485 g/mol. The van der Waals surface area contributed by atoms with Crippen LogP contribution in [0.2, 0.25) is 0 Å². The SMILES string of the molecule is CCCC(=O)c1cccc(N2CCN(CCCCCCCCN(CCC)CCC)CC2)c1C(C)=N. The Balaban J connectivity index is 1.69. The number of unbranched alkanes of at least 4 members (excludes halogenated alkanes) is 5. The van der Waals surface area contributed by atoms with Gasteiger partial charge in [-0.2, -0.15) is 0 Å². The van der Waals surface area contributed by atoms with E-state index in [0.29, 0.717) is 12.1 Å². The van der Waals surface area contributed by atoms with Crippen LogP contribution in [0.5, 0.6) is 0 Å². The van der Waals surface area contributed by atoms with Crippen molar-refractivity contribution >= 4 is 17.2 Å². The van der Waals surface area contributed by atoms with Gasteiger partial charge in [-0.3, -0.25) is 9.69 Å². The van der Waals surface area contributed by atoms with Gasteiger partial charge in [0.25, 0.3) is 0 Å². The Labute approximate surface area is 215 Å². The molecule has 0 aliphatic carbocycles. The zero-order valence-electron chi connectivity index (χ0n) is 23.2. The van der Waals surface area contributed by atoms with Crippen molar-refractivity contribution < 1.29 is 4.79 Å². The molecule has 1 saturated heterocycles. The van der Waals surface area contributed by atoms with Gasteiger partial charge in [-0.1, -0.05) is 58.6 Å². The topological polar surface area (TPSA) is 50.6 Å². The van der Waals surface area contributed by atoms with Crippen LogP contribution in [0.3, 0.4) is 0 Å². The molecule has 0 radical (unpaired) electrons. The Kier molecular flexibility index (Phi) is 14.2. The molecule has 2 rings (SSSR count). The van der Waals surface area contributed by atoms with Gasteiger partial charge in [-0.05, 0) is 71.3 Å². The van der Waals surface area contributed by atoms with E-state index in [1.807, 2.05) is 26.0 Å². The summed E-state index contributed by atoms with van der Waals surface area (Å²) in [5, 5.41) is 8.34. The summed E-state index contributed by atoms with van der Waals surface area (Å²) in [5.41, 5.74) is 3.12. The molecule has 1 N–H and O–H groups in total. The van der Waals surface area contributed by atoms with Crippen LogP contribution in [0, 0.1) is 5.41 Å². The Morgan fingerprint density at radius 2 is 1.49 bits per heavy atom. The molecule has 5 nitrogen and oxygen atoms in total. The average Bonchev–Trinajstić information content (AvgIpc) is 2.85. The third kappa shape index (κ3) is 10.0. The lowest BCUT2D eigenvalue weighted by Gasteiger charge is -2.37. The van der Waals surface area contributed by atoms with E-state index in [1.165, 1.54) is 77.5 Å². The van der Waals surface area contributed by atoms with Gasteiger partial charge in [0.15, 0.2) is 5.78 Å². The summed E-state index contributed by atoms with van der Waals surface area (Å²) in [6.07, 6.45) is 12.0. The summed E-state index contributed by atoms with van der Waals surface area (Å²) in [7, 11) is 0. The van der Waals surface area contributed by atoms with Crippen molar-refractivity contribution in [3.63, 3.8) is 0 Å². The highest BCUT2D eigenvalue weighted by molar-refractivity contribution is 6.12. The first-order chi connectivity index (χ1) is 17.0. The lowest BCUT2D eigenvalue weighted by atomic mass is 9.95. The first kappa shape index (κ1) is 29.5.